The van der Waals surface area contributed by atoms with Crippen LogP contribution < -0.4 is 15.5 Å². The van der Waals surface area contributed by atoms with E-state index in [4.69, 9.17) is 27.9 Å². The van der Waals surface area contributed by atoms with Gasteiger partial charge in [0, 0.05) is 31.3 Å². The lowest BCUT2D eigenvalue weighted by atomic mass is 10.1. The van der Waals surface area contributed by atoms with E-state index < -0.39 is 11.8 Å². The average molecular weight is 549 g/mol. The lowest BCUT2D eigenvalue weighted by molar-refractivity contribution is -0.136. The van der Waals surface area contributed by atoms with Gasteiger partial charge in [-0.15, -0.1) is 0 Å². The smallest absolute Gasteiger partial charge is 0.329 e. The van der Waals surface area contributed by atoms with E-state index in [1.807, 2.05) is 26.0 Å². The van der Waals surface area contributed by atoms with Crippen LogP contribution in [0.3, 0.4) is 0 Å². The second kappa shape index (κ2) is 11.3. The number of amides is 2. The van der Waals surface area contributed by atoms with Crippen molar-refractivity contribution < 1.29 is 14.3 Å². The number of hydrazone groups is 1. The van der Waals surface area contributed by atoms with Crippen molar-refractivity contribution in [1.29, 1.82) is 0 Å². The molecule has 0 fully saturated rings. The fourth-order valence-electron chi connectivity index (χ4n) is 2.82. The van der Waals surface area contributed by atoms with Gasteiger partial charge in [0.05, 0.1) is 6.21 Å². The molecule has 33 heavy (non-hydrogen) atoms. The zero-order valence-corrected chi connectivity index (χ0v) is 20.9. The van der Waals surface area contributed by atoms with Crippen molar-refractivity contribution in [3.8, 4) is 5.75 Å². The van der Waals surface area contributed by atoms with Crippen molar-refractivity contribution in [3.05, 3.63) is 91.4 Å². The molecule has 0 aliphatic carbocycles. The minimum atomic E-state index is -0.891. The number of anilines is 1. The van der Waals surface area contributed by atoms with Crippen LogP contribution in [0.4, 0.5) is 5.69 Å². The van der Waals surface area contributed by atoms with E-state index in [1.54, 1.807) is 42.5 Å². The van der Waals surface area contributed by atoms with Crippen LogP contribution in [0, 0.1) is 13.8 Å². The Kier molecular flexibility index (Phi) is 8.49. The first-order valence-electron chi connectivity index (χ1n) is 9.81. The van der Waals surface area contributed by atoms with Crippen LogP contribution in [-0.2, 0) is 16.2 Å². The highest BCUT2D eigenvalue weighted by atomic mass is 79.9. The number of nitrogens with zero attached hydrogens (tertiary/aromatic N) is 1. The normalized spacial score (nSPS) is 10.8. The molecule has 0 heterocycles. The number of carbonyl (C=O) groups excluding carboxylic acids is 2. The molecule has 6 nitrogen and oxygen atoms in total. The van der Waals surface area contributed by atoms with Gasteiger partial charge in [0.1, 0.15) is 12.4 Å². The van der Waals surface area contributed by atoms with Crippen LogP contribution >= 0.6 is 39.1 Å². The molecule has 3 rings (SSSR count). The Hall–Kier alpha value is -2.87. The minimum absolute atomic E-state index is 0.211. The molecular weight excluding hydrogens is 529 g/mol. The molecule has 0 radical (unpaired) electrons. The van der Waals surface area contributed by atoms with Gasteiger partial charge in [-0.2, -0.15) is 5.10 Å². The Morgan fingerprint density at radius 2 is 1.85 bits per heavy atom. The van der Waals surface area contributed by atoms with Crippen LogP contribution in [-0.4, -0.2) is 18.0 Å². The predicted octanol–water partition coefficient (Wildman–Crippen LogP) is 6.04. The second-order valence-electron chi connectivity index (χ2n) is 7.11. The Morgan fingerprint density at radius 1 is 1.06 bits per heavy atom. The molecule has 0 aromatic heterocycles. The van der Waals surface area contributed by atoms with Gasteiger partial charge in [0.2, 0.25) is 0 Å². The highest BCUT2D eigenvalue weighted by Crippen LogP contribution is 2.26. The van der Waals surface area contributed by atoms with Gasteiger partial charge in [-0.25, -0.2) is 5.43 Å². The largest absolute Gasteiger partial charge is 0.488 e. The summed E-state index contributed by atoms with van der Waals surface area (Å²) in [6.45, 7) is 4.00. The van der Waals surface area contributed by atoms with Crippen molar-refractivity contribution in [3.63, 3.8) is 0 Å². The number of halogens is 3. The van der Waals surface area contributed by atoms with Gasteiger partial charge in [-0.05, 0) is 61.4 Å². The summed E-state index contributed by atoms with van der Waals surface area (Å²) in [7, 11) is 0. The second-order valence-corrected chi connectivity index (χ2v) is 8.87. The molecule has 2 amide bonds. The lowest BCUT2D eigenvalue weighted by Gasteiger charge is -2.11. The quantitative estimate of drug-likeness (QED) is 0.224. The van der Waals surface area contributed by atoms with Crippen molar-refractivity contribution in [2.24, 2.45) is 5.10 Å². The molecule has 0 aliphatic heterocycles. The Labute approximate surface area is 210 Å². The third kappa shape index (κ3) is 6.81. The number of nitrogens with one attached hydrogen (secondary N) is 2. The summed E-state index contributed by atoms with van der Waals surface area (Å²) in [5, 5.41) is 7.53. The third-order valence-corrected chi connectivity index (χ3v) is 5.88. The van der Waals surface area contributed by atoms with Crippen LogP contribution in [0.5, 0.6) is 5.75 Å². The fraction of sp³-hybridized carbons (Fsp3) is 0.125. The van der Waals surface area contributed by atoms with E-state index in [0.29, 0.717) is 27.0 Å². The summed E-state index contributed by atoms with van der Waals surface area (Å²) in [5.74, 6) is -1.19. The first-order valence-corrected chi connectivity index (χ1v) is 11.4. The third-order valence-electron chi connectivity index (χ3n) is 4.80. The van der Waals surface area contributed by atoms with Gasteiger partial charge in [-0.3, -0.25) is 9.59 Å². The summed E-state index contributed by atoms with van der Waals surface area (Å²) < 4.78 is 6.67. The molecule has 9 heteroatoms. The Bertz CT molecular complexity index is 1230. The van der Waals surface area contributed by atoms with Crippen LogP contribution in [0.1, 0.15) is 22.3 Å². The first kappa shape index (κ1) is 24.8. The lowest BCUT2D eigenvalue weighted by Crippen LogP contribution is -2.32. The van der Waals surface area contributed by atoms with Crippen LogP contribution in [0.15, 0.2) is 64.2 Å². The van der Waals surface area contributed by atoms with E-state index >= 15 is 0 Å². The molecule has 0 saturated heterocycles. The maximum absolute atomic E-state index is 12.2. The van der Waals surface area contributed by atoms with Gasteiger partial charge in [0.15, 0.2) is 0 Å². The summed E-state index contributed by atoms with van der Waals surface area (Å²) in [6.07, 6.45) is 1.40. The summed E-state index contributed by atoms with van der Waals surface area (Å²) in [5.41, 5.74) is 6.05. The first-order chi connectivity index (χ1) is 15.7. The molecular formula is C24H20BrCl2N3O3. The number of rotatable bonds is 6. The molecule has 3 aromatic rings. The number of hydrogen-bond acceptors (Lipinski definition) is 4. The molecule has 0 bridgehead atoms. The van der Waals surface area contributed by atoms with E-state index in [0.717, 1.165) is 21.2 Å². The number of aryl methyl sites for hydroxylation is 1. The molecule has 0 unspecified atom stereocenters. The van der Waals surface area contributed by atoms with Crippen molar-refractivity contribution in [2.75, 3.05) is 5.32 Å². The topological polar surface area (TPSA) is 79.8 Å². The monoisotopic (exact) mass is 547 g/mol. The van der Waals surface area contributed by atoms with E-state index in [1.165, 1.54) is 6.21 Å². The SMILES string of the molecule is Cc1cccc(NC(=O)C(=O)N/N=C\c2cc(Br)ccc2OCc2ccc(Cl)cc2Cl)c1C. The van der Waals surface area contributed by atoms with Gasteiger partial charge in [0.25, 0.3) is 0 Å². The Morgan fingerprint density at radius 3 is 2.61 bits per heavy atom. The summed E-state index contributed by atoms with van der Waals surface area (Å²) in [4.78, 5) is 24.4. The number of carbonyl (C=O) groups is 2. The predicted molar refractivity (Wildman–Crippen MR) is 135 cm³/mol. The zero-order chi connectivity index (χ0) is 24.0. The zero-order valence-electron chi connectivity index (χ0n) is 17.8. The summed E-state index contributed by atoms with van der Waals surface area (Å²) in [6, 6.07) is 16.0. The minimum Gasteiger partial charge on any atom is -0.488 e. The Balaban J connectivity index is 1.65. The molecule has 170 valence electrons. The highest BCUT2D eigenvalue weighted by molar-refractivity contribution is 9.10. The molecule has 2 N–H and O–H groups in total. The van der Waals surface area contributed by atoms with E-state index in [9.17, 15) is 9.59 Å². The van der Waals surface area contributed by atoms with Gasteiger partial charge in [-0.1, -0.05) is 57.3 Å². The number of benzene rings is 3. The van der Waals surface area contributed by atoms with Gasteiger partial charge < -0.3 is 10.1 Å². The highest BCUT2D eigenvalue weighted by Gasteiger charge is 2.14. The number of ether oxygens (including phenoxy) is 1. The summed E-state index contributed by atoms with van der Waals surface area (Å²) >= 11 is 15.5. The number of hydrogen-bond donors (Lipinski definition) is 2. The van der Waals surface area contributed by atoms with Crippen molar-refractivity contribution in [2.45, 2.75) is 20.5 Å². The molecule has 0 aliphatic rings. The van der Waals surface area contributed by atoms with Crippen molar-refractivity contribution >= 4 is 62.8 Å². The molecule has 0 spiro atoms. The van der Waals surface area contributed by atoms with Crippen LogP contribution in [0.2, 0.25) is 10.0 Å². The average Bonchev–Trinajstić information content (AvgIpc) is 2.77. The van der Waals surface area contributed by atoms with E-state index in [2.05, 4.69) is 31.8 Å². The fourth-order valence-corrected chi connectivity index (χ4v) is 3.66. The maximum atomic E-state index is 12.2. The van der Waals surface area contributed by atoms with Gasteiger partial charge >= 0.3 is 11.8 Å². The van der Waals surface area contributed by atoms with E-state index in [-0.39, 0.29) is 6.61 Å². The van der Waals surface area contributed by atoms with Crippen LogP contribution in [0.25, 0.3) is 0 Å². The standard InChI is InChI=1S/C24H20BrCl2N3O3/c1-14-4-3-5-21(15(14)2)29-23(31)24(32)30-28-12-17-10-18(25)7-9-22(17)33-13-16-6-8-19(26)11-20(16)27/h3-12H,13H2,1-2H3,(H,29,31)(H,30,32)/b28-12-. The maximum Gasteiger partial charge on any atom is 0.329 e. The molecule has 0 atom stereocenters. The molecule has 0 saturated carbocycles. The van der Waals surface area contributed by atoms with Crippen molar-refractivity contribution in [1.82, 2.24) is 5.43 Å². The molecule has 3 aromatic carbocycles.